The number of unbranched alkanes of at least 4 members (excludes halogenated alkanes) is 1. The molecule has 0 aromatic heterocycles. The maximum atomic E-state index is 13.4. The Hall–Kier alpha value is -6.48. The maximum Gasteiger partial charge on any atom is 0.326 e. The molecule has 2 saturated heterocycles. The van der Waals surface area contributed by atoms with E-state index in [4.69, 9.17) is 11.5 Å². The van der Waals surface area contributed by atoms with Crippen LogP contribution >= 0.6 is 0 Å². The number of carbonyl (C=O) groups is 12. The number of nitrogens with two attached hydrogens (primary N) is 2. The third-order valence-corrected chi connectivity index (χ3v) is 10.9. The van der Waals surface area contributed by atoms with E-state index in [1.165, 1.54) is 18.7 Å². The summed E-state index contributed by atoms with van der Waals surface area (Å²) in [6, 6.07) is -10.2. The van der Waals surface area contributed by atoms with E-state index in [9.17, 15) is 72.9 Å². The van der Waals surface area contributed by atoms with Gasteiger partial charge in [-0.2, -0.15) is 0 Å². The number of rotatable bonds is 29. The van der Waals surface area contributed by atoms with Crippen molar-refractivity contribution in [1.82, 2.24) is 52.8 Å². The summed E-state index contributed by atoms with van der Waals surface area (Å²) in [7, 11) is 0. The number of carboxylic acids is 2. The second-order valence-corrected chi connectivity index (χ2v) is 17.2. The molecule has 68 heavy (non-hydrogen) atoms. The van der Waals surface area contributed by atoms with Gasteiger partial charge in [0.05, 0.1) is 31.7 Å². The monoisotopic (exact) mass is 968 g/mol. The summed E-state index contributed by atoms with van der Waals surface area (Å²) >= 11 is 0. The Morgan fingerprint density at radius 3 is 1.88 bits per heavy atom. The first-order valence-electron chi connectivity index (χ1n) is 22.4. The van der Waals surface area contributed by atoms with Gasteiger partial charge in [-0.25, -0.2) is 4.79 Å². The lowest BCUT2D eigenvalue weighted by atomic mass is 10.0. The fraction of sp³-hybridized carbons (Fsp3) is 0.707. The van der Waals surface area contributed by atoms with Gasteiger partial charge < -0.3 is 79.5 Å². The van der Waals surface area contributed by atoms with Gasteiger partial charge in [0.25, 0.3) is 0 Å². The number of carboxylic acid groups (broad SMARTS) is 2. The van der Waals surface area contributed by atoms with Crippen molar-refractivity contribution in [2.24, 2.45) is 17.4 Å². The Morgan fingerprint density at radius 2 is 1.31 bits per heavy atom. The topological polar surface area (TPSA) is 429 Å². The molecule has 382 valence electrons. The first-order chi connectivity index (χ1) is 31.9. The molecule has 0 bridgehead atoms. The summed E-state index contributed by atoms with van der Waals surface area (Å²) in [5, 5.41) is 50.4. The molecule has 2 aliphatic heterocycles. The Labute approximate surface area is 392 Å². The van der Waals surface area contributed by atoms with Crippen LogP contribution in [0.25, 0.3) is 0 Å². The number of aliphatic hydroxyl groups excluding tert-OH is 1. The second kappa shape index (κ2) is 28.6. The minimum absolute atomic E-state index is 0.0413. The van der Waals surface area contributed by atoms with Gasteiger partial charge in [-0.05, 0) is 77.7 Å². The molecule has 0 aromatic rings. The summed E-state index contributed by atoms with van der Waals surface area (Å²) in [5.41, 5.74) is 10.7. The van der Waals surface area contributed by atoms with Crippen molar-refractivity contribution in [3.63, 3.8) is 0 Å². The van der Waals surface area contributed by atoms with Gasteiger partial charge in [0.15, 0.2) is 0 Å². The molecular formula is C41H68N12O15. The third kappa shape index (κ3) is 20.2. The average Bonchev–Trinajstić information content (AvgIpc) is 3.94. The average molecular weight is 969 g/mol. The number of hydrogen-bond acceptors (Lipinski definition) is 15. The van der Waals surface area contributed by atoms with E-state index in [0.29, 0.717) is 25.8 Å². The van der Waals surface area contributed by atoms with Crippen LogP contribution in [0.5, 0.6) is 0 Å². The van der Waals surface area contributed by atoms with Crippen molar-refractivity contribution in [1.29, 1.82) is 0 Å². The fourth-order valence-corrected chi connectivity index (χ4v) is 7.20. The Kier molecular flexibility index (Phi) is 24.3. The van der Waals surface area contributed by atoms with E-state index in [2.05, 4.69) is 47.9 Å². The number of aliphatic carboxylic acids is 2. The molecule has 2 rings (SSSR count). The molecule has 2 fully saturated rings. The van der Waals surface area contributed by atoms with E-state index >= 15 is 0 Å². The van der Waals surface area contributed by atoms with Gasteiger partial charge in [0.2, 0.25) is 59.1 Å². The van der Waals surface area contributed by atoms with Crippen LogP contribution in [-0.2, 0) is 57.5 Å². The highest BCUT2D eigenvalue weighted by Gasteiger charge is 2.37. The summed E-state index contributed by atoms with van der Waals surface area (Å²) in [5.74, 6) is -11.4. The number of primary amides is 1. The van der Waals surface area contributed by atoms with Crippen LogP contribution in [0, 0.1) is 5.92 Å². The highest BCUT2D eigenvalue weighted by molar-refractivity contribution is 5.98. The zero-order chi connectivity index (χ0) is 51.2. The lowest BCUT2D eigenvalue weighted by molar-refractivity contribution is -0.144. The molecule has 0 saturated carbocycles. The summed E-state index contributed by atoms with van der Waals surface area (Å²) in [6.45, 7) is 5.54. The highest BCUT2D eigenvalue weighted by atomic mass is 16.4. The standard InChI is InChI=1S/C41H68N12O15/c1-20(2)14-27(38(64)47-21(3)34(60)46-19-32(57)53-13-7-9-29(53)40(66)50-25(41(67)68)8-5-6-12-42)51-35(61)22(4)48-39(65)28(16-33(58)59)52-37(63)24(10-11-30(43)55)49-31(56)18-45-36(62)26-15-23(54)17-44-26/h20-29,44,54H,5-19,42H2,1-4H3,(H2,43,55)(H,45,62)(H,46,60)(H,47,64)(H,48,65)(H,49,56)(H,50,66)(H,51,61)(H,52,63)(H,58,59)(H,67,68)/t21-,22-,23+,24-,25-,26?,27-,28-,29-/m0/s1. The molecule has 1 unspecified atom stereocenters. The molecule has 0 radical (unpaired) electrons. The van der Waals surface area contributed by atoms with Crippen LogP contribution in [0.2, 0.25) is 0 Å². The van der Waals surface area contributed by atoms with E-state index in [0.717, 1.165) is 0 Å². The first-order valence-corrected chi connectivity index (χ1v) is 22.4. The predicted molar refractivity (Wildman–Crippen MR) is 237 cm³/mol. The normalized spacial score (nSPS) is 19.2. The maximum absolute atomic E-state index is 13.4. The molecular weight excluding hydrogens is 901 g/mol. The van der Waals surface area contributed by atoms with Gasteiger partial charge in [-0.3, -0.25) is 52.7 Å². The van der Waals surface area contributed by atoms with Crippen molar-refractivity contribution < 1.29 is 72.9 Å². The lowest BCUT2D eigenvalue weighted by Gasteiger charge is -2.26. The Morgan fingerprint density at radius 1 is 0.691 bits per heavy atom. The second-order valence-electron chi connectivity index (χ2n) is 17.2. The number of nitrogens with zero attached hydrogens (tertiary/aromatic N) is 1. The van der Waals surface area contributed by atoms with Crippen LogP contribution in [0.4, 0.5) is 0 Å². The SMILES string of the molecule is CC(C)C[C@H](NC(=O)[C@H](C)NC(=O)[C@H](CC(=O)O)NC(=O)[C@H](CCC(N)=O)NC(=O)CNC(=O)C1C[C@@H](O)CN1)C(=O)N[C@@H](C)C(=O)NCC(=O)N1CCC[C@H]1C(=O)N[C@@H](CCCCN)C(=O)O. The van der Waals surface area contributed by atoms with Gasteiger partial charge in [0.1, 0.15) is 42.3 Å². The minimum Gasteiger partial charge on any atom is -0.481 e. The molecule has 0 aliphatic carbocycles. The molecule has 10 amide bonds. The van der Waals surface area contributed by atoms with Gasteiger partial charge in [0, 0.05) is 19.5 Å². The number of carbonyl (C=O) groups excluding carboxylic acids is 10. The zero-order valence-corrected chi connectivity index (χ0v) is 38.7. The number of nitrogens with one attached hydrogen (secondary N) is 9. The van der Waals surface area contributed by atoms with Crippen molar-refractivity contribution in [3.8, 4) is 0 Å². The molecule has 0 aromatic carbocycles. The molecule has 16 N–H and O–H groups in total. The van der Waals surface area contributed by atoms with Crippen LogP contribution in [-0.4, -0.2) is 178 Å². The fourth-order valence-electron chi connectivity index (χ4n) is 7.20. The van der Waals surface area contributed by atoms with Crippen molar-refractivity contribution in [2.45, 2.75) is 146 Å². The van der Waals surface area contributed by atoms with Gasteiger partial charge in [-0.15, -0.1) is 0 Å². The van der Waals surface area contributed by atoms with Gasteiger partial charge >= 0.3 is 11.9 Å². The summed E-state index contributed by atoms with van der Waals surface area (Å²) in [6.07, 6.45) is -0.499. The first kappa shape index (κ1) is 57.6. The number of hydrogen-bond donors (Lipinski definition) is 14. The Balaban J connectivity index is 2.02. The molecule has 27 heteroatoms. The smallest absolute Gasteiger partial charge is 0.326 e. The number of likely N-dealkylation sites (tertiary alicyclic amines) is 1. The predicted octanol–water partition coefficient (Wildman–Crippen LogP) is -6.12. The number of β-amino-alcohol motifs (C(OH)–C–C–N with tert-alkyl or cyclic N) is 1. The van der Waals surface area contributed by atoms with Gasteiger partial charge in [-0.1, -0.05) is 13.8 Å². The summed E-state index contributed by atoms with van der Waals surface area (Å²) < 4.78 is 0. The van der Waals surface area contributed by atoms with E-state index in [-0.39, 0.29) is 51.1 Å². The van der Waals surface area contributed by atoms with E-state index in [1.807, 2.05) is 0 Å². The van der Waals surface area contributed by atoms with Crippen LogP contribution in [0.15, 0.2) is 0 Å². The zero-order valence-electron chi connectivity index (χ0n) is 38.7. The Bertz CT molecular complexity index is 1850. The number of aliphatic hydroxyl groups is 1. The van der Waals surface area contributed by atoms with Crippen LogP contribution in [0.1, 0.15) is 91.9 Å². The minimum atomic E-state index is -1.84. The van der Waals surface area contributed by atoms with Crippen LogP contribution < -0.4 is 59.3 Å². The molecule has 27 nitrogen and oxygen atoms in total. The molecule has 0 spiro atoms. The van der Waals surface area contributed by atoms with Crippen molar-refractivity contribution >= 4 is 71.0 Å². The quantitative estimate of drug-likeness (QED) is 0.0310. The molecule has 9 atom stereocenters. The van der Waals surface area contributed by atoms with Crippen molar-refractivity contribution in [3.05, 3.63) is 0 Å². The van der Waals surface area contributed by atoms with Crippen molar-refractivity contribution in [2.75, 3.05) is 32.7 Å². The van der Waals surface area contributed by atoms with Crippen LogP contribution in [0.3, 0.4) is 0 Å². The number of amides is 10. The molecule has 2 heterocycles. The van der Waals surface area contributed by atoms with E-state index in [1.54, 1.807) is 13.8 Å². The largest absolute Gasteiger partial charge is 0.481 e. The highest BCUT2D eigenvalue weighted by Crippen LogP contribution is 2.18. The lowest BCUT2D eigenvalue weighted by Crippen LogP contribution is -2.59. The third-order valence-electron chi connectivity index (χ3n) is 10.9. The van der Waals surface area contributed by atoms with E-state index < -0.39 is 151 Å². The molecule has 2 aliphatic rings. The summed E-state index contributed by atoms with van der Waals surface area (Å²) in [4.78, 5) is 154.